The Labute approximate surface area is 107 Å². The molecule has 0 radical (unpaired) electrons. The van der Waals surface area contributed by atoms with Crippen LogP contribution in [0.15, 0.2) is 24.4 Å². The molecule has 1 unspecified atom stereocenters. The van der Waals surface area contributed by atoms with Crippen LogP contribution in [0.4, 0.5) is 0 Å². The lowest BCUT2D eigenvalue weighted by molar-refractivity contribution is -0.151. The fourth-order valence-corrected chi connectivity index (χ4v) is 2.35. The Morgan fingerprint density at radius 2 is 2.28 bits per heavy atom. The number of carboxylic acid groups (broad SMARTS) is 1. The van der Waals surface area contributed by atoms with Crippen molar-refractivity contribution in [2.75, 3.05) is 26.2 Å². The molecule has 98 valence electrons. The van der Waals surface area contributed by atoms with E-state index in [9.17, 15) is 9.90 Å². The molecule has 0 saturated carbocycles. The van der Waals surface area contributed by atoms with Crippen LogP contribution >= 0.6 is 0 Å². The molecule has 0 aromatic carbocycles. The molecule has 0 spiro atoms. The highest BCUT2D eigenvalue weighted by molar-refractivity contribution is 5.79. The summed E-state index contributed by atoms with van der Waals surface area (Å²) in [7, 11) is 0. The Kier molecular flexibility index (Phi) is 3.93. The molecule has 1 fully saturated rings. The van der Waals surface area contributed by atoms with Crippen LogP contribution in [0.1, 0.15) is 19.0 Å². The minimum Gasteiger partial charge on any atom is -0.480 e. The van der Waals surface area contributed by atoms with E-state index >= 15 is 0 Å². The fraction of sp³-hybridized carbons (Fsp3) is 0.538. The van der Waals surface area contributed by atoms with Crippen molar-refractivity contribution in [3.63, 3.8) is 0 Å². The molecule has 1 saturated heterocycles. The van der Waals surface area contributed by atoms with Crippen molar-refractivity contribution < 1.29 is 9.90 Å². The van der Waals surface area contributed by atoms with Gasteiger partial charge in [0.15, 0.2) is 5.54 Å². The summed E-state index contributed by atoms with van der Waals surface area (Å²) < 4.78 is 0. The molecule has 2 rings (SSSR count). The van der Waals surface area contributed by atoms with Crippen LogP contribution in [0.5, 0.6) is 0 Å². The van der Waals surface area contributed by atoms with Crippen molar-refractivity contribution in [1.29, 1.82) is 0 Å². The molecule has 1 aliphatic rings. The fourth-order valence-electron chi connectivity index (χ4n) is 2.35. The summed E-state index contributed by atoms with van der Waals surface area (Å²) in [4.78, 5) is 18.0. The molecule has 18 heavy (non-hydrogen) atoms. The van der Waals surface area contributed by atoms with Crippen molar-refractivity contribution >= 4 is 5.97 Å². The molecule has 0 amide bonds. The molecular formula is C13H19N3O2. The number of nitrogens with one attached hydrogen (secondary N) is 1. The van der Waals surface area contributed by atoms with Crippen LogP contribution in [-0.2, 0) is 10.3 Å². The highest BCUT2D eigenvalue weighted by Crippen LogP contribution is 2.27. The number of rotatable bonds is 3. The number of pyridine rings is 1. The Morgan fingerprint density at radius 3 is 2.94 bits per heavy atom. The van der Waals surface area contributed by atoms with Gasteiger partial charge in [-0.25, -0.2) is 4.79 Å². The van der Waals surface area contributed by atoms with Gasteiger partial charge in [-0.3, -0.25) is 9.88 Å². The average Bonchev–Trinajstić information content (AvgIpc) is 2.67. The molecule has 5 heteroatoms. The standard InChI is InChI=1S/C13H19N3O2/c1-13(12(17)18,11-5-2-3-7-15-11)16-9-4-6-14-8-10-16/h2-3,5,7,14H,4,6,8-10H2,1H3,(H,17,18). The summed E-state index contributed by atoms with van der Waals surface area (Å²) in [5.74, 6) is -0.844. The Balaban J connectivity index is 2.34. The highest BCUT2D eigenvalue weighted by Gasteiger charge is 2.42. The first kappa shape index (κ1) is 13.0. The number of nitrogens with zero attached hydrogens (tertiary/aromatic N) is 2. The smallest absolute Gasteiger partial charge is 0.330 e. The minimum absolute atomic E-state index is 0.597. The third-order valence-electron chi connectivity index (χ3n) is 3.55. The second-order valence-corrected chi connectivity index (χ2v) is 4.68. The lowest BCUT2D eigenvalue weighted by Crippen LogP contribution is -2.51. The maximum absolute atomic E-state index is 11.7. The number of hydrogen-bond donors (Lipinski definition) is 2. The summed E-state index contributed by atoms with van der Waals surface area (Å²) >= 11 is 0. The Morgan fingerprint density at radius 1 is 1.44 bits per heavy atom. The molecule has 2 heterocycles. The number of carboxylic acids is 1. The summed E-state index contributed by atoms with van der Waals surface area (Å²) in [6.45, 7) is 4.98. The van der Waals surface area contributed by atoms with E-state index in [4.69, 9.17) is 0 Å². The topological polar surface area (TPSA) is 65.5 Å². The molecule has 0 bridgehead atoms. The first-order valence-corrected chi connectivity index (χ1v) is 6.26. The monoisotopic (exact) mass is 249 g/mol. The normalized spacial score (nSPS) is 20.9. The summed E-state index contributed by atoms with van der Waals surface area (Å²) in [5, 5.41) is 12.9. The van der Waals surface area contributed by atoms with Crippen molar-refractivity contribution in [2.24, 2.45) is 0 Å². The zero-order chi connectivity index (χ0) is 13.0. The molecule has 2 N–H and O–H groups in total. The predicted molar refractivity (Wildman–Crippen MR) is 68.3 cm³/mol. The molecular weight excluding hydrogens is 230 g/mol. The second-order valence-electron chi connectivity index (χ2n) is 4.68. The van der Waals surface area contributed by atoms with E-state index in [0.29, 0.717) is 5.69 Å². The molecule has 1 aromatic heterocycles. The van der Waals surface area contributed by atoms with Crippen LogP contribution in [-0.4, -0.2) is 47.1 Å². The Hall–Kier alpha value is -1.46. The van der Waals surface area contributed by atoms with E-state index in [1.165, 1.54) is 0 Å². The van der Waals surface area contributed by atoms with Gasteiger partial charge in [0.25, 0.3) is 0 Å². The Bertz CT molecular complexity index is 402. The summed E-state index contributed by atoms with van der Waals surface area (Å²) in [6, 6.07) is 5.42. The van der Waals surface area contributed by atoms with Crippen molar-refractivity contribution in [3.05, 3.63) is 30.1 Å². The minimum atomic E-state index is -1.05. The summed E-state index contributed by atoms with van der Waals surface area (Å²) in [5.41, 5.74) is -0.452. The predicted octanol–water partition coefficient (Wildman–Crippen LogP) is 0.677. The zero-order valence-electron chi connectivity index (χ0n) is 10.6. The van der Waals surface area contributed by atoms with Crippen molar-refractivity contribution in [2.45, 2.75) is 18.9 Å². The van der Waals surface area contributed by atoms with E-state index in [1.807, 2.05) is 11.0 Å². The van der Waals surface area contributed by atoms with Gasteiger partial charge in [0.1, 0.15) is 0 Å². The third-order valence-corrected chi connectivity index (χ3v) is 3.55. The van der Waals surface area contributed by atoms with Crippen LogP contribution in [0, 0.1) is 0 Å². The number of aliphatic carboxylic acids is 1. The number of hydrogen-bond acceptors (Lipinski definition) is 4. The van der Waals surface area contributed by atoms with Crippen LogP contribution in [0.3, 0.4) is 0 Å². The van der Waals surface area contributed by atoms with Gasteiger partial charge in [-0.05, 0) is 32.0 Å². The van der Waals surface area contributed by atoms with E-state index in [2.05, 4.69) is 10.3 Å². The maximum Gasteiger partial charge on any atom is 0.330 e. The van der Waals surface area contributed by atoms with Gasteiger partial charge in [0, 0.05) is 25.8 Å². The van der Waals surface area contributed by atoms with Crippen LogP contribution in [0.2, 0.25) is 0 Å². The lowest BCUT2D eigenvalue weighted by atomic mass is 9.94. The first-order chi connectivity index (χ1) is 8.65. The molecule has 5 nitrogen and oxygen atoms in total. The van der Waals surface area contributed by atoms with Gasteiger partial charge >= 0.3 is 5.97 Å². The van der Waals surface area contributed by atoms with Gasteiger partial charge < -0.3 is 10.4 Å². The second kappa shape index (κ2) is 5.46. The quantitative estimate of drug-likeness (QED) is 0.824. The molecule has 0 aliphatic carbocycles. The number of carbonyl (C=O) groups is 1. The SMILES string of the molecule is CC(C(=O)O)(c1ccccn1)N1CCCNCC1. The van der Waals surface area contributed by atoms with Gasteiger partial charge in [0.2, 0.25) is 0 Å². The van der Waals surface area contributed by atoms with Gasteiger partial charge in [-0.1, -0.05) is 6.07 Å². The van der Waals surface area contributed by atoms with E-state index < -0.39 is 11.5 Å². The summed E-state index contributed by atoms with van der Waals surface area (Å²) in [6.07, 6.45) is 2.60. The first-order valence-electron chi connectivity index (χ1n) is 6.26. The van der Waals surface area contributed by atoms with Crippen molar-refractivity contribution in [1.82, 2.24) is 15.2 Å². The van der Waals surface area contributed by atoms with Gasteiger partial charge in [-0.2, -0.15) is 0 Å². The third kappa shape index (κ3) is 2.37. The van der Waals surface area contributed by atoms with E-state index in [1.54, 1.807) is 25.3 Å². The van der Waals surface area contributed by atoms with Gasteiger partial charge in [0.05, 0.1) is 5.69 Å². The average molecular weight is 249 g/mol. The maximum atomic E-state index is 11.7. The lowest BCUT2D eigenvalue weighted by Gasteiger charge is -2.36. The van der Waals surface area contributed by atoms with Crippen LogP contribution in [0.25, 0.3) is 0 Å². The molecule has 1 aliphatic heterocycles. The zero-order valence-corrected chi connectivity index (χ0v) is 10.6. The van der Waals surface area contributed by atoms with E-state index in [-0.39, 0.29) is 0 Å². The molecule has 1 atom stereocenters. The van der Waals surface area contributed by atoms with Gasteiger partial charge in [-0.15, -0.1) is 0 Å². The van der Waals surface area contributed by atoms with E-state index in [0.717, 1.165) is 32.6 Å². The number of aromatic nitrogens is 1. The van der Waals surface area contributed by atoms with Crippen molar-refractivity contribution in [3.8, 4) is 0 Å². The molecule has 1 aromatic rings. The van der Waals surface area contributed by atoms with Crippen LogP contribution < -0.4 is 5.32 Å². The highest BCUT2D eigenvalue weighted by atomic mass is 16.4. The largest absolute Gasteiger partial charge is 0.480 e.